The van der Waals surface area contributed by atoms with Gasteiger partial charge in [-0.15, -0.1) is 0 Å². The van der Waals surface area contributed by atoms with Gasteiger partial charge in [0.05, 0.1) is 19.1 Å². The number of rotatable bonds is 5. The fraction of sp³-hybridized carbons (Fsp3) is 0.429. The van der Waals surface area contributed by atoms with Crippen LogP contribution in [0.1, 0.15) is 12.8 Å². The summed E-state index contributed by atoms with van der Waals surface area (Å²) in [4.78, 5) is 24.3. The summed E-state index contributed by atoms with van der Waals surface area (Å²) in [5.41, 5.74) is 0. The maximum absolute atomic E-state index is 12.0. The Kier molecular flexibility index (Phi) is 5.19. The molecular formula is C14H16BrNO5. The Morgan fingerprint density at radius 3 is 2.86 bits per heavy atom. The zero-order valence-corrected chi connectivity index (χ0v) is 12.8. The van der Waals surface area contributed by atoms with Crippen molar-refractivity contribution in [1.82, 2.24) is 4.90 Å². The van der Waals surface area contributed by atoms with E-state index in [0.717, 1.165) is 4.47 Å². The largest absolute Gasteiger partial charge is 0.493 e. The number of aliphatic hydroxyl groups excluding tert-OH is 1. The molecule has 2 N–H and O–H groups in total. The molecule has 0 bridgehead atoms. The number of carboxylic acid groups (broad SMARTS) is 1. The Hall–Kier alpha value is -1.60. The lowest BCUT2D eigenvalue weighted by atomic mass is 10.2. The lowest BCUT2D eigenvalue weighted by molar-refractivity contribution is -0.148. The molecule has 2 rings (SSSR count). The Bertz CT molecular complexity index is 536. The average molecular weight is 358 g/mol. The van der Waals surface area contributed by atoms with Crippen LogP contribution in [0.2, 0.25) is 0 Å². The summed E-state index contributed by atoms with van der Waals surface area (Å²) in [6, 6.07) is 6.29. The first kappa shape index (κ1) is 15.8. The Morgan fingerprint density at radius 2 is 2.19 bits per heavy atom. The van der Waals surface area contributed by atoms with Crippen molar-refractivity contribution in [3.63, 3.8) is 0 Å². The number of carbonyl (C=O) groups is 2. The van der Waals surface area contributed by atoms with Crippen LogP contribution in [0.25, 0.3) is 0 Å². The Labute approximate surface area is 130 Å². The standard InChI is InChI=1S/C14H16BrNO5/c15-9-2-1-3-11(6-9)21-5-4-13(18)16-8-10(17)7-12(16)14(19)20/h1-3,6,10,12,17H,4-5,7-8H2,(H,19,20)/t10-,12-/m0/s1. The number of halogens is 1. The minimum atomic E-state index is -1.09. The zero-order chi connectivity index (χ0) is 15.4. The third-order valence-corrected chi connectivity index (χ3v) is 3.76. The third kappa shape index (κ3) is 4.18. The van der Waals surface area contributed by atoms with Crippen LogP contribution in [0.3, 0.4) is 0 Å². The number of β-amino-alcohol motifs (C(OH)–C–C–N with tert-alkyl or cyclic N) is 1. The summed E-state index contributed by atoms with van der Waals surface area (Å²) in [6.07, 6.45) is -0.627. The van der Waals surface area contributed by atoms with Crippen molar-refractivity contribution >= 4 is 27.8 Å². The van der Waals surface area contributed by atoms with Gasteiger partial charge in [-0.25, -0.2) is 4.79 Å². The number of aliphatic carboxylic acids is 1. The van der Waals surface area contributed by atoms with Crippen molar-refractivity contribution < 1.29 is 24.5 Å². The molecule has 1 fully saturated rings. The van der Waals surface area contributed by atoms with Gasteiger partial charge in [0.1, 0.15) is 11.8 Å². The highest BCUT2D eigenvalue weighted by Gasteiger charge is 2.38. The molecule has 0 spiro atoms. The van der Waals surface area contributed by atoms with Crippen LogP contribution >= 0.6 is 15.9 Å². The number of aliphatic hydroxyl groups is 1. The van der Waals surface area contributed by atoms with Crippen LogP contribution in [0, 0.1) is 0 Å². The molecule has 21 heavy (non-hydrogen) atoms. The predicted molar refractivity (Wildman–Crippen MR) is 78.0 cm³/mol. The molecule has 2 atom stereocenters. The topological polar surface area (TPSA) is 87.1 Å². The minimum absolute atomic E-state index is 0.0622. The molecule has 1 amide bonds. The molecule has 0 unspecified atom stereocenters. The second kappa shape index (κ2) is 6.91. The van der Waals surface area contributed by atoms with Crippen molar-refractivity contribution in [3.05, 3.63) is 28.7 Å². The molecule has 0 saturated carbocycles. The number of likely N-dealkylation sites (tertiary alicyclic amines) is 1. The van der Waals surface area contributed by atoms with E-state index in [9.17, 15) is 14.7 Å². The summed E-state index contributed by atoms with van der Waals surface area (Å²) in [6.45, 7) is 0.223. The van der Waals surface area contributed by atoms with Gasteiger partial charge in [-0.3, -0.25) is 4.79 Å². The highest BCUT2D eigenvalue weighted by atomic mass is 79.9. The molecule has 1 saturated heterocycles. The lowest BCUT2D eigenvalue weighted by Crippen LogP contribution is -2.41. The third-order valence-electron chi connectivity index (χ3n) is 3.27. The van der Waals surface area contributed by atoms with Crippen molar-refractivity contribution in [2.45, 2.75) is 25.0 Å². The van der Waals surface area contributed by atoms with E-state index in [0.29, 0.717) is 5.75 Å². The van der Waals surface area contributed by atoms with Crippen molar-refractivity contribution in [2.24, 2.45) is 0 Å². The number of nitrogens with zero attached hydrogens (tertiary/aromatic N) is 1. The number of amides is 1. The number of hydrogen-bond donors (Lipinski definition) is 2. The van der Waals surface area contributed by atoms with E-state index in [4.69, 9.17) is 9.84 Å². The van der Waals surface area contributed by atoms with Gasteiger partial charge >= 0.3 is 5.97 Å². The van der Waals surface area contributed by atoms with Crippen molar-refractivity contribution in [2.75, 3.05) is 13.2 Å². The maximum atomic E-state index is 12.0. The average Bonchev–Trinajstić information content (AvgIpc) is 2.81. The number of carboxylic acids is 1. The number of benzene rings is 1. The van der Waals surface area contributed by atoms with E-state index in [2.05, 4.69) is 15.9 Å². The van der Waals surface area contributed by atoms with Crippen LogP contribution in [0.5, 0.6) is 5.75 Å². The van der Waals surface area contributed by atoms with E-state index in [1.807, 2.05) is 12.1 Å². The van der Waals surface area contributed by atoms with Crippen LogP contribution in [-0.4, -0.2) is 52.3 Å². The van der Waals surface area contributed by atoms with E-state index in [-0.39, 0.29) is 31.9 Å². The van der Waals surface area contributed by atoms with Crippen molar-refractivity contribution in [1.29, 1.82) is 0 Å². The van der Waals surface area contributed by atoms with E-state index < -0.39 is 18.1 Å². The Balaban J connectivity index is 1.85. The van der Waals surface area contributed by atoms with Gasteiger partial charge in [0.2, 0.25) is 5.91 Å². The molecule has 1 aliphatic rings. The van der Waals surface area contributed by atoms with Gasteiger partial charge in [0, 0.05) is 17.4 Å². The molecule has 6 nitrogen and oxygen atoms in total. The molecule has 0 aliphatic carbocycles. The number of carbonyl (C=O) groups excluding carboxylic acids is 1. The van der Waals surface area contributed by atoms with Crippen LogP contribution in [-0.2, 0) is 9.59 Å². The molecular weight excluding hydrogens is 342 g/mol. The van der Waals surface area contributed by atoms with Crippen LogP contribution in [0.4, 0.5) is 0 Å². The fourth-order valence-corrected chi connectivity index (χ4v) is 2.66. The van der Waals surface area contributed by atoms with Crippen molar-refractivity contribution in [3.8, 4) is 5.75 Å². The summed E-state index contributed by atoms with van der Waals surface area (Å²) in [5.74, 6) is -0.782. The summed E-state index contributed by atoms with van der Waals surface area (Å²) < 4.78 is 6.33. The quantitative estimate of drug-likeness (QED) is 0.828. The Morgan fingerprint density at radius 1 is 1.43 bits per heavy atom. The summed E-state index contributed by atoms with van der Waals surface area (Å²) in [7, 11) is 0. The fourth-order valence-electron chi connectivity index (χ4n) is 2.28. The molecule has 1 aromatic rings. The summed E-state index contributed by atoms with van der Waals surface area (Å²) >= 11 is 3.32. The zero-order valence-electron chi connectivity index (χ0n) is 11.2. The summed E-state index contributed by atoms with van der Waals surface area (Å²) in [5, 5.41) is 18.6. The SMILES string of the molecule is O=C(O)[C@@H]1C[C@H](O)CN1C(=O)CCOc1cccc(Br)c1. The van der Waals surface area contributed by atoms with Gasteiger partial charge in [-0.05, 0) is 18.2 Å². The van der Waals surface area contributed by atoms with Gasteiger partial charge in [-0.2, -0.15) is 0 Å². The second-order valence-electron chi connectivity index (χ2n) is 4.85. The maximum Gasteiger partial charge on any atom is 0.326 e. The first-order valence-electron chi connectivity index (χ1n) is 6.56. The molecule has 1 aromatic carbocycles. The van der Waals surface area contributed by atoms with E-state index in [1.165, 1.54) is 4.90 Å². The number of hydrogen-bond acceptors (Lipinski definition) is 4. The van der Waals surface area contributed by atoms with Gasteiger partial charge < -0.3 is 19.8 Å². The monoisotopic (exact) mass is 357 g/mol. The highest BCUT2D eigenvalue weighted by molar-refractivity contribution is 9.10. The van der Waals surface area contributed by atoms with Gasteiger partial charge in [0.15, 0.2) is 0 Å². The van der Waals surface area contributed by atoms with E-state index >= 15 is 0 Å². The number of ether oxygens (including phenoxy) is 1. The molecule has 7 heteroatoms. The lowest BCUT2D eigenvalue weighted by Gasteiger charge is -2.21. The highest BCUT2D eigenvalue weighted by Crippen LogP contribution is 2.20. The van der Waals surface area contributed by atoms with Gasteiger partial charge in [-0.1, -0.05) is 22.0 Å². The smallest absolute Gasteiger partial charge is 0.326 e. The molecule has 1 heterocycles. The molecule has 114 valence electrons. The molecule has 0 aromatic heterocycles. The molecule has 0 radical (unpaired) electrons. The van der Waals surface area contributed by atoms with E-state index in [1.54, 1.807) is 12.1 Å². The van der Waals surface area contributed by atoms with Crippen LogP contribution < -0.4 is 4.74 Å². The molecule has 1 aliphatic heterocycles. The minimum Gasteiger partial charge on any atom is -0.493 e. The predicted octanol–water partition coefficient (Wildman–Crippen LogP) is 1.26. The normalized spacial score (nSPS) is 21.3. The van der Waals surface area contributed by atoms with Crippen LogP contribution in [0.15, 0.2) is 28.7 Å². The first-order valence-corrected chi connectivity index (χ1v) is 7.35. The second-order valence-corrected chi connectivity index (χ2v) is 5.76. The van der Waals surface area contributed by atoms with Gasteiger partial charge in [0.25, 0.3) is 0 Å². The first-order chi connectivity index (χ1) is 9.97.